The quantitative estimate of drug-likeness (QED) is 0.288. The number of anilines is 1. The molecule has 0 aliphatic rings. The van der Waals surface area contributed by atoms with Gasteiger partial charge in [-0.25, -0.2) is 18.4 Å². The smallest absolute Gasteiger partial charge is 0.312 e. The van der Waals surface area contributed by atoms with Crippen LogP contribution in [0.4, 0.5) is 20.2 Å². The Kier molecular flexibility index (Phi) is 6.02. The molecule has 4 aromatic heterocycles. The molecule has 0 aliphatic heterocycles. The van der Waals surface area contributed by atoms with Gasteiger partial charge in [-0.05, 0) is 38.5 Å². The summed E-state index contributed by atoms with van der Waals surface area (Å²) in [4.78, 5) is 39.6. The van der Waals surface area contributed by atoms with Crippen molar-refractivity contribution in [3.8, 4) is 0 Å². The Morgan fingerprint density at radius 3 is 2.60 bits per heavy atom. The highest BCUT2D eigenvalue weighted by molar-refractivity contribution is 7.21. The number of nitro groups is 1. The molecule has 0 saturated carbocycles. The number of nitrogens with one attached hydrogen (secondary N) is 1. The summed E-state index contributed by atoms with van der Waals surface area (Å²) in [5.74, 6) is -1.53. The van der Waals surface area contributed by atoms with Gasteiger partial charge < -0.3 is 11.1 Å². The number of nitrogens with zero attached hydrogens (tertiary/aromatic N) is 6. The third kappa shape index (κ3) is 4.32. The molecule has 4 aromatic rings. The fraction of sp³-hybridized carbons (Fsp3) is 0.250. The molecule has 0 aliphatic carbocycles. The Morgan fingerprint density at radius 1 is 1.29 bits per heavy atom. The summed E-state index contributed by atoms with van der Waals surface area (Å²) in [5, 5.41) is 22.4. The standard InChI is InChI=1S/C20H18F2N8O4S/c1-8-6-12(17(21)22)24-20-13(8)14(16(35-20)18(23)31)25-19(32)11-4-5-28(27-11)7-29-10(3)15(30(33)34)9(2)26-29/h4-6,17H,7H2,1-3H3,(H2,23,31)(H,25,32). The first-order chi connectivity index (χ1) is 16.5. The van der Waals surface area contributed by atoms with Crippen molar-refractivity contribution in [2.24, 2.45) is 5.73 Å². The molecule has 0 radical (unpaired) electrons. The van der Waals surface area contributed by atoms with Gasteiger partial charge in [-0.3, -0.25) is 24.4 Å². The number of fused-ring (bicyclic) bond motifs is 1. The number of aromatic nitrogens is 5. The number of nitrogens with two attached hydrogens (primary N) is 1. The minimum absolute atomic E-state index is 0.0150. The van der Waals surface area contributed by atoms with Crippen LogP contribution < -0.4 is 11.1 Å². The monoisotopic (exact) mass is 504 g/mol. The number of pyridine rings is 1. The second-order valence-electron chi connectivity index (χ2n) is 7.63. The van der Waals surface area contributed by atoms with Crippen LogP contribution in [0.5, 0.6) is 0 Å². The lowest BCUT2D eigenvalue weighted by Crippen LogP contribution is -2.18. The molecule has 15 heteroatoms. The van der Waals surface area contributed by atoms with Gasteiger partial charge in [-0.1, -0.05) is 0 Å². The normalized spacial score (nSPS) is 11.4. The second kappa shape index (κ2) is 8.83. The molecule has 182 valence electrons. The predicted octanol–water partition coefficient (Wildman–Crippen LogP) is 3.32. The maximum Gasteiger partial charge on any atom is 0.312 e. The topological polar surface area (TPSA) is 164 Å². The van der Waals surface area contributed by atoms with E-state index in [0.717, 1.165) is 11.3 Å². The lowest BCUT2D eigenvalue weighted by atomic mass is 10.1. The van der Waals surface area contributed by atoms with Gasteiger partial charge in [0.25, 0.3) is 18.2 Å². The number of primary amides is 1. The average Bonchev–Trinajstić information content (AvgIpc) is 3.44. The Labute approximate surface area is 199 Å². The first-order valence-electron chi connectivity index (χ1n) is 10.0. The van der Waals surface area contributed by atoms with E-state index in [1.54, 1.807) is 13.8 Å². The minimum Gasteiger partial charge on any atom is -0.365 e. The van der Waals surface area contributed by atoms with Crippen LogP contribution in [-0.2, 0) is 6.67 Å². The molecular formula is C20H18F2N8O4S. The average molecular weight is 504 g/mol. The number of hydrogen-bond acceptors (Lipinski definition) is 8. The van der Waals surface area contributed by atoms with E-state index in [9.17, 15) is 28.5 Å². The Hall–Kier alpha value is -4.27. The fourth-order valence-corrected chi connectivity index (χ4v) is 4.74. The summed E-state index contributed by atoms with van der Waals surface area (Å²) in [7, 11) is 0. The summed E-state index contributed by atoms with van der Waals surface area (Å²) in [5.41, 5.74) is 5.91. The third-order valence-electron chi connectivity index (χ3n) is 5.24. The zero-order valence-corrected chi connectivity index (χ0v) is 19.4. The van der Waals surface area contributed by atoms with E-state index in [2.05, 4.69) is 20.5 Å². The zero-order chi connectivity index (χ0) is 25.6. The molecule has 4 heterocycles. The summed E-state index contributed by atoms with van der Waals surface area (Å²) >= 11 is 0.804. The van der Waals surface area contributed by atoms with Crippen LogP contribution >= 0.6 is 11.3 Å². The number of hydrogen-bond donors (Lipinski definition) is 2. The van der Waals surface area contributed by atoms with Gasteiger partial charge in [-0.15, -0.1) is 11.3 Å². The van der Waals surface area contributed by atoms with Gasteiger partial charge in [0.05, 0.1) is 10.6 Å². The predicted molar refractivity (Wildman–Crippen MR) is 122 cm³/mol. The van der Waals surface area contributed by atoms with Crippen LogP contribution in [0, 0.1) is 30.9 Å². The molecule has 3 N–H and O–H groups in total. The van der Waals surface area contributed by atoms with E-state index in [4.69, 9.17) is 5.73 Å². The van der Waals surface area contributed by atoms with Gasteiger partial charge >= 0.3 is 5.69 Å². The van der Waals surface area contributed by atoms with Crippen molar-refractivity contribution in [3.05, 3.63) is 61.7 Å². The van der Waals surface area contributed by atoms with Crippen LogP contribution in [0.25, 0.3) is 10.2 Å². The summed E-state index contributed by atoms with van der Waals surface area (Å²) in [6.45, 7) is 4.65. The third-order valence-corrected chi connectivity index (χ3v) is 6.34. The molecule has 4 rings (SSSR count). The van der Waals surface area contributed by atoms with Gasteiger partial charge in [-0.2, -0.15) is 10.2 Å². The van der Waals surface area contributed by atoms with Crippen molar-refractivity contribution < 1.29 is 23.3 Å². The number of halogens is 2. The lowest BCUT2D eigenvalue weighted by Gasteiger charge is -2.07. The van der Waals surface area contributed by atoms with Gasteiger partial charge in [0.1, 0.15) is 33.5 Å². The van der Waals surface area contributed by atoms with Crippen molar-refractivity contribution in [3.63, 3.8) is 0 Å². The Morgan fingerprint density at radius 2 is 2.00 bits per heavy atom. The van der Waals surface area contributed by atoms with Crippen LogP contribution in [-0.4, -0.2) is 41.3 Å². The molecule has 0 spiro atoms. The highest BCUT2D eigenvalue weighted by Crippen LogP contribution is 2.38. The maximum absolute atomic E-state index is 13.1. The number of rotatable bonds is 7. The maximum atomic E-state index is 13.1. The van der Waals surface area contributed by atoms with Gasteiger partial charge in [0.15, 0.2) is 5.69 Å². The van der Waals surface area contributed by atoms with E-state index in [0.29, 0.717) is 16.6 Å². The Bertz CT molecular complexity index is 1510. The van der Waals surface area contributed by atoms with E-state index in [-0.39, 0.29) is 39.1 Å². The number of alkyl halides is 2. The SMILES string of the molecule is Cc1nn(Cn2ccc(C(=O)Nc3c(C(N)=O)sc4nc(C(F)F)cc(C)c34)n2)c(C)c1[N+](=O)[O-]. The van der Waals surface area contributed by atoms with Crippen LogP contribution in [0.15, 0.2) is 18.3 Å². The van der Waals surface area contributed by atoms with Gasteiger partial charge in [0, 0.05) is 11.6 Å². The fourth-order valence-electron chi connectivity index (χ4n) is 3.68. The van der Waals surface area contributed by atoms with E-state index in [1.807, 2.05) is 0 Å². The number of carbonyl (C=O) groups is 2. The Balaban J connectivity index is 1.63. The molecular weight excluding hydrogens is 486 g/mol. The van der Waals surface area contributed by atoms with Crippen molar-refractivity contribution in [1.82, 2.24) is 24.5 Å². The number of aryl methyl sites for hydroxylation is 2. The van der Waals surface area contributed by atoms with Crippen LogP contribution in [0.2, 0.25) is 0 Å². The summed E-state index contributed by atoms with van der Waals surface area (Å²) < 4.78 is 29.0. The van der Waals surface area contributed by atoms with E-state index in [1.165, 1.54) is 34.6 Å². The highest BCUT2D eigenvalue weighted by atomic mass is 32.1. The highest BCUT2D eigenvalue weighted by Gasteiger charge is 2.25. The molecule has 0 saturated heterocycles. The van der Waals surface area contributed by atoms with Gasteiger partial charge in [0.2, 0.25) is 0 Å². The largest absolute Gasteiger partial charge is 0.365 e. The minimum atomic E-state index is -2.80. The molecule has 0 fully saturated rings. The molecule has 12 nitrogen and oxygen atoms in total. The molecule has 2 amide bonds. The number of amides is 2. The molecule has 0 bridgehead atoms. The van der Waals surface area contributed by atoms with E-state index < -0.39 is 28.9 Å². The first-order valence-corrected chi connectivity index (χ1v) is 10.8. The number of carbonyl (C=O) groups excluding carboxylic acids is 2. The van der Waals surface area contributed by atoms with Crippen molar-refractivity contribution in [1.29, 1.82) is 0 Å². The second-order valence-corrected chi connectivity index (χ2v) is 8.63. The number of thiophene rings is 1. The molecule has 0 aromatic carbocycles. The molecule has 0 atom stereocenters. The zero-order valence-electron chi connectivity index (χ0n) is 18.6. The van der Waals surface area contributed by atoms with Crippen molar-refractivity contribution in [2.45, 2.75) is 33.9 Å². The first kappa shape index (κ1) is 23.9. The van der Waals surface area contributed by atoms with Crippen molar-refractivity contribution >= 4 is 44.7 Å². The van der Waals surface area contributed by atoms with Crippen LogP contribution in [0.1, 0.15) is 49.2 Å². The summed E-state index contributed by atoms with van der Waals surface area (Å²) in [6, 6.07) is 2.59. The molecule has 0 unspecified atom stereocenters. The van der Waals surface area contributed by atoms with E-state index >= 15 is 0 Å². The molecule has 35 heavy (non-hydrogen) atoms. The summed E-state index contributed by atoms with van der Waals surface area (Å²) in [6.07, 6.45) is -1.32. The van der Waals surface area contributed by atoms with Crippen molar-refractivity contribution in [2.75, 3.05) is 5.32 Å². The lowest BCUT2D eigenvalue weighted by molar-refractivity contribution is -0.386. The van der Waals surface area contributed by atoms with Crippen LogP contribution in [0.3, 0.4) is 0 Å².